The molecule has 34 heavy (non-hydrogen) atoms. The molecule has 1 saturated carbocycles. The second-order valence-corrected chi connectivity index (χ2v) is 9.63. The first-order valence-corrected chi connectivity index (χ1v) is 12.1. The van der Waals surface area contributed by atoms with E-state index in [0.29, 0.717) is 12.1 Å². The lowest BCUT2D eigenvalue weighted by Gasteiger charge is -2.53. The van der Waals surface area contributed by atoms with Gasteiger partial charge in [0.1, 0.15) is 5.69 Å². The van der Waals surface area contributed by atoms with Gasteiger partial charge in [0.25, 0.3) is 11.8 Å². The Kier molecular flexibility index (Phi) is 6.00. The molecule has 5 rings (SSSR count). The number of carbonyl (C=O) groups excluding carboxylic acids is 2. The van der Waals surface area contributed by atoms with Crippen LogP contribution >= 0.6 is 0 Å². The molecule has 2 heterocycles. The predicted octanol–water partition coefficient (Wildman–Crippen LogP) is 4.01. The maximum atomic E-state index is 13.0. The van der Waals surface area contributed by atoms with E-state index in [1.54, 1.807) is 19.0 Å². The normalized spacial score (nSPS) is 16.5. The van der Waals surface area contributed by atoms with Gasteiger partial charge in [0.2, 0.25) is 0 Å². The molecule has 176 valence electrons. The van der Waals surface area contributed by atoms with Crippen LogP contribution in [-0.2, 0) is 25.2 Å². The van der Waals surface area contributed by atoms with Crippen molar-refractivity contribution in [1.29, 1.82) is 0 Å². The number of hydrogen-bond acceptors (Lipinski definition) is 3. The Bertz CT molecular complexity index is 1180. The van der Waals surface area contributed by atoms with Crippen LogP contribution in [0.2, 0.25) is 0 Å². The summed E-state index contributed by atoms with van der Waals surface area (Å²) in [5, 5.41) is 3.08. The minimum absolute atomic E-state index is 0.00562. The van der Waals surface area contributed by atoms with E-state index in [9.17, 15) is 9.59 Å². The second-order valence-electron chi connectivity index (χ2n) is 9.63. The minimum atomic E-state index is -0.0147. The van der Waals surface area contributed by atoms with E-state index in [-0.39, 0.29) is 17.4 Å². The van der Waals surface area contributed by atoms with Crippen molar-refractivity contribution >= 4 is 11.8 Å². The molecule has 6 nitrogen and oxygen atoms in total. The summed E-state index contributed by atoms with van der Waals surface area (Å²) in [6.07, 6.45) is 3.42. The fourth-order valence-electron chi connectivity index (χ4n) is 5.32. The van der Waals surface area contributed by atoms with Crippen LogP contribution in [0.4, 0.5) is 0 Å². The number of benzene rings is 2. The minimum Gasteiger partial charge on any atom is -0.347 e. The smallest absolute Gasteiger partial charge is 0.268 e. The summed E-state index contributed by atoms with van der Waals surface area (Å²) < 4.78 is 2.23. The van der Waals surface area contributed by atoms with Crippen LogP contribution < -0.4 is 5.32 Å². The van der Waals surface area contributed by atoms with E-state index < -0.39 is 0 Å². The first-order valence-electron chi connectivity index (χ1n) is 12.1. The van der Waals surface area contributed by atoms with Crippen molar-refractivity contribution in [1.82, 2.24) is 19.7 Å². The van der Waals surface area contributed by atoms with Crippen molar-refractivity contribution in [3.63, 3.8) is 0 Å². The fourth-order valence-corrected chi connectivity index (χ4v) is 5.32. The standard InChI is InChI=1S/C28H32N4O2/c1-30(2)27(34)23-11-9-22(10-12-23)20-31-17-18-32-24(13-14-25(32)28(31)15-6-16-28)26(33)29-19-21-7-4-3-5-8-21/h3-5,7-14H,6,15-20H2,1-2H3,(H,29,33). The fraction of sp³-hybridized carbons (Fsp3) is 0.357. The highest BCUT2D eigenvalue weighted by Gasteiger charge is 2.48. The van der Waals surface area contributed by atoms with Gasteiger partial charge in [-0.15, -0.1) is 0 Å². The Morgan fingerprint density at radius 3 is 2.29 bits per heavy atom. The Morgan fingerprint density at radius 2 is 1.65 bits per heavy atom. The number of fused-ring (bicyclic) bond motifs is 2. The Labute approximate surface area is 201 Å². The van der Waals surface area contributed by atoms with Gasteiger partial charge in [0, 0.05) is 51.5 Å². The molecular formula is C28H32N4O2. The highest BCUT2D eigenvalue weighted by atomic mass is 16.2. The molecule has 1 fully saturated rings. The SMILES string of the molecule is CN(C)C(=O)c1ccc(CN2CCn3c(C(=O)NCc4ccccc4)ccc3C23CCC3)cc1. The van der Waals surface area contributed by atoms with Gasteiger partial charge >= 0.3 is 0 Å². The summed E-state index contributed by atoms with van der Waals surface area (Å²) in [4.78, 5) is 29.4. The number of hydrogen-bond donors (Lipinski definition) is 1. The number of nitrogens with zero attached hydrogens (tertiary/aromatic N) is 3. The van der Waals surface area contributed by atoms with Gasteiger partial charge in [-0.3, -0.25) is 14.5 Å². The van der Waals surface area contributed by atoms with Crippen LogP contribution in [-0.4, -0.2) is 46.8 Å². The summed E-state index contributed by atoms with van der Waals surface area (Å²) in [6, 6.07) is 22.1. The molecule has 0 radical (unpaired) electrons. The third-order valence-electron chi connectivity index (χ3n) is 7.35. The van der Waals surface area contributed by atoms with Gasteiger partial charge in [-0.2, -0.15) is 0 Å². The molecule has 1 aromatic heterocycles. The molecule has 0 unspecified atom stereocenters. The number of amides is 2. The predicted molar refractivity (Wildman–Crippen MR) is 132 cm³/mol. The van der Waals surface area contributed by atoms with E-state index in [1.165, 1.54) is 17.7 Å². The van der Waals surface area contributed by atoms with E-state index in [4.69, 9.17) is 0 Å². The maximum absolute atomic E-state index is 13.0. The topological polar surface area (TPSA) is 57.6 Å². The lowest BCUT2D eigenvalue weighted by Crippen LogP contribution is -2.56. The summed E-state index contributed by atoms with van der Waals surface area (Å²) in [6.45, 7) is 3.08. The lowest BCUT2D eigenvalue weighted by atomic mass is 9.71. The molecule has 0 bridgehead atoms. The Hall–Kier alpha value is -3.38. The Morgan fingerprint density at radius 1 is 0.912 bits per heavy atom. The highest BCUT2D eigenvalue weighted by Crippen LogP contribution is 2.49. The number of aromatic nitrogens is 1. The van der Waals surface area contributed by atoms with Crippen molar-refractivity contribution in [3.05, 3.63) is 94.8 Å². The van der Waals surface area contributed by atoms with Crippen LogP contribution in [0.1, 0.15) is 56.9 Å². The van der Waals surface area contributed by atoms with Crippen LogP contribution in [0.25, 0.3) is 0 Å². The van der Waals surface area contributed by atoms with Crippen molar-refractivity contribution < 1.29 is 9.59 Å². The average Bonchev–Trinajstić information content (AvgIpc) is 3.26. The van der Waals surface area contributed by atoms with Gasteiger partial charge in [-0.1, -0.05) is 42.5 Å². The van der Waals surface area contributed by atoms with Crippen molar-refractivity contribution in [2.45, 2.75) is 44.4 Å². The van der Waals surface area contributed by atoms with Crippen molar-refractivity contribution in [2.75, 3.05) is 20.6 Å². The molecule has 1 spiro atoms. The molecule has 2 aromatic carbocycles. The molecule has 1 N–H and O–H groups in total. The zero-order valence-electron chi connectivity index (χ0n) is 20.0. The van der Waals surface area contributed by atoms with Gasteiger partial charge in [-0.05, 0) is 54.7 Å². The van der Waals surface area contributed by atoms with Gasteiger partial charge in [0.15, 0.2) is 0 Å². The lowest BCUT2D eigenvalue weighted by molar-refractivity contribution is -0.0217. The van der Waals surface area contributed by atoms with E-state index in [0.717, 1.165) is 43.7 Å². The van der Waals surface area contributed by atoms with E-state index in [1.807, 2.05) is 48.5 Å². The molecule has 2 amide bonds. The molecule has 6 heteroatoms. The van der Waals surface area contributed by atoms with E-state index in [2.05, 4.69) is 33.0 Å². The van der Waals surface area contributed by atoms with Crippen molar-refractivity contribution in [2.24, 2.45) is 0 Å². The molecule has 0 atom stereocenters. The van der Waals surface area contributed by atoms with Crippen molar-refractivity contribution in [3.8, 4) is 0 Å². The number of rotatable bonds is 6. The molecular weight excluding hydrogens is 424 g/mol. The second kappa shape index (κ2) is 9.11. The summed E-state index contributed by atoms with van der Waals surface area (Å²) >= 11 is 0. The molecule has 1 aliphatic carbocycles. The van der Waals surface area contributed by atoms with Gasteiger partial charge < -0.3 is 14.8 Å². The molecule has 3 aromatic rings. The summed E-state index contributed by atoms with van der Waals surface area (Å²) in [5.74, 6) is 0.00931. The van der Waals surface area contributed by atoms with Crippen LogP contribution in [0.3, 0.4) is 0 Å². The largest absolute Gasteiger partial charge is 0.347 e. The Balaban J connectivity index is 1.32. The highest BCUT2D eigenvalue weighted by molar-refractivity contribution is 5.94. The first-order chi connectivity index (χ1) is 16.5. The van der Waals surface area contributed by atoms with Crippen LogP contribution in [0.15, 0.2) is 66.7 Å². The van der Waals surface area contributed by atoms with Gasteiger partial charge in [0.05, 0.1) is 5.54 Å². The molecule has 2 aliphatic rings. The summed E-state index contributed by atoms with van der Waals surface area (Å²) in [5.41, 5.74) is 5.03. The quantitative estimate of drug-likeness (QED) is 0.610. The monoisotopic (exact) mass is 456 g/mol. The number of carbonyl (C=O) groups is 2. The summed E-state index contributed by atoms with van der Waals surface area (Å²) in [7, 11) is 3.55. The first kappa shape index (κ1) is 22.4. The maximum Gasteiger partial charge on any atom is 0.268 e. The van der Waals surface area contributed by atoms with Crippen LogP contribution in [0, 0.1) is 0 Å². The zero-order chi connectivity index (χ0) is 23.7. The molecule has 1 aliphatic heterocycles. The molecule has 0 saturated heterocycles. The zero-order valence-corrected chi connectivity index (χ0v) is 20.0. The van der Waals surface area contributed by atoms with Crippen LogP contribution in [0.5, 0.6) is 0 Å². The third kappa shape index (κ3) is 4.03. The average molecular weight is 457 g/mol. The van der Waals surface area contributed by atoms with Gasteiger partial charge in [-0.25, -0.2) is 0 Å². The van der Waals surface area contributed by atoms with E-state index >= 15 is 0 Å². The third-order valence-corrected chi connectivity index (χ3v) is 7.35. The number of nitrogens with one attached hydrogen (secondary N) is 1.